The van der Waals surface area contributed by atoms with Gasteiger partial charge in [0.1, 0.15) is 17.2 Å². The zero-order valence-corrected chi connectivity index (χ0v) is 16.1. The van der Waals surface area contributed by atoms with E-state index in [-0.39, 0.29) is 28.8 Å². The van der Waals surface area contributed by atoms with Crippen LogP contribution in [0, 0.1) is 0 Å². The lowest BCUT2D eigenvalue weighted by atomic mass is 10.1. The number of nitrogens with zero attached hydrogens (tertiary/aromatic N) is 6. The summed E-state index contributed by atoms with van der Waals surface area (Å²) in [6, 6.07) is 13.3. The fourth-order valence-electron chi connectivity index (χ4n) is 2.77. The molecule has 31 heavy (non-hydrogen) atoms. The number of carbonyl (C=O) groups is 1. The average molecular weight is 420 g/mol. The Balaban J connectivity index is 1.71. The second-order valence-corrected chi connectivity index (χ2v) is 6.20. The van der Waals surface area contributed by atoms with Gasteiger partial charge in [0.05, 0.1) is 13.3 Å². The summed E-state index contributed by atoms with van der Waals surface area (Å²) in [6.07, 6.45) is 1.38. The van der Waals surface area contributed by atoms with E-state index in [1.165, 1.54) is 30.1 Å². The largest absolute Gasteiger partial charge is 0.508 e. The van der Waals surface area contributed by atoms with Gasteiger partial charge in [-0.1, -0.05) is 29.5 Å². The van der Waals surface area contributed by atoms with Crippen LogP contribution in [-0.4, -0.2) is 49.6 Å². The Morgan fingerprint density at radius 3 is 2.84 bits per heavy atom. The highest BCUT2D eigenvalue weighted by atomic mass is 16.6. The number of hydrazone groups is 1. The molecule has 0 bridgehead atoms. The summed E-state index contributed by atoms with van der Waals surface area (Å²) in [6.45, 7) is 0. The monoisotopic (exact) mass is 420 g/mol. The maximum absolute atomic E-state index is 12.8. The molecule has 4 aromatic rings. The SMILES string of the molecule is COc1cccc(-c2c(C(=O)N/N=C/c3cccc(O)c3)nnn2-c2nonc2N)c1. The molecule has 0 fully saturated rings. The van der Waals surface area contributed by atoms with E-state index >= 15 is 0 Å². The lowest BCUT2D eigenvalue weighted by Gasteiger charge is -2.07. The molecule has 0 atom stereocenters. The fourth-order valence-corrected chi connectivity index (χ4v) is 2.77. The third-order valence-electron chi connectivity index (χ3n) is 4.17. The van der Waals surface area contributed by atoms with Gasteiger partial charge < -0.3 is 15.6 Å². The molecule has 0 aliphatic rings. The predicted octanol–water partition coefficient (Wildman–Crippen LogP) is 1.38. The van der Waals surface area contributed by atoms with Gasteiger partial charge in [0, 0.05) is 5.56 Å². The van der Waals surface area contributed by atoms with Crippen LogP contribution in [0.4, 0.5) is 5.82 Å². The Kier molecular flexibility index (Phi) is 5.26. The van der Waals surface area contributed by atoms with Crippen LogP contribution in [0.15, 0.2) is 58.3 Å². The third kappa shape index (κ3) is 4.03. The van der Waals surface area contributed by atoms with E-state index in [0.29, 0.717) is 16.9 Å². The van der Waals surface area contributed by atoms with Crippen molar-refractivity contribution in [1.82, 2.24) is 30.7 Å². The lowest BCUT2D eigenvalue weighted by Crippen LogP contribution is -2.19. The Bertz CT molecular complexity index is 1260. The number of methoxy groups -OCH3 is 1. The number of rotatable bonds is 6. The smallest absolute Gasteiger partial charge is 0.294 e. The molecule has 2 aromatic carbocycles. The number of amides is 1. The number of hydrogen-bond donors (Lipinski definition) is 3. The van der Waals surface area contributed by atoms with Gasteiger partial charge in [0.15, 0.2) is 5.69 Å². The normalized spacial score (nSPS) is 11.0. The summed E-state index contributed by atoms with van der Waals surface area (Å²) in [5.41, 5.74) is 9.59. The molecule has 0 saturated carbocycles. The molecule has 0 radical (unpaired) electrons. The topological polar surface area (TPSA) is 167 Å². The molecule has 0 aliphatic heterocycles. The highest BCUT2D eigenvalue weighted by molar-refractivity contribution is 5.99. The van der Waals surface area contributed by atoms with Crippen molar-refractivity contribution in [3.8, 4) is 28.6 Å². The molecule has 2 aromatic heterocycles. The van der Waals surface area contributed by atoms with Crippen molar-refractivity contribution in [2.75, 3.05) is 12.8 Å². The molecule has 4 N–H and O–H groups in total. The van der Waals surface area contributed by atoms with Crippen molar-refractivity contribution in [1.29, 1.82) is 0 Å². The minimum atomic E-state index is -0.629. The summed E-state index contributed by atoms with van der Waals surface area (Å²) in [5.74, 6) is 0.0631. The van der Waals surface area contributed by atoms with Gasteiger partial charge in [-0.2, -0.15) is 9.78 Å². The van der Waals surface area contributed by atoms with E-state index in [1.807, 2.05) is 0 Å². The number of aromatic nitrogens is 5. The molecule has 156 valence electrons. The number of anilines is 1. The number of ether oxygens (including phenoxy) is 1. The first-order valence-electron chi connectivity index (χ1n) is 8.88. The minimum absolute atomic E-state index is 0.0251. The van der Waals surface area contributed by atoms with Crippen LogP contribution in [-0.2, 0) is 0 Å². The van der Waals surface area contributed by atoms with Crippen molar-refractivity contribution >= 4 is 17.9 Å². The van der Waals surface area contributed by atoms with Gasteiger partial charge in [0.25, 0.3) is 5.91 Å². The quantitative estimate of drug-likeness (QED) is 0.308. The van der Waals surface area contributed by atoms with Crippen molar-refractivity contribution in [3.63, 3.8) is 0 Å². The van der Waals surface area contributed by atoms with Gasteiger partial charge >= 0.3 is 0 Å². The van der Waals surface area contributed by atoms with E-state index in [2.05, 4.69) is 35.8 Å². The Hall–Kier alpha value is -4.74. The molecule has 0 unspecified atom stereocenters. The standard InChI is InChI=1S/C19H16N8O4/c1-30-14-7-3-5-12(9-14)16-15(22-26-27(16)18-17(20)24-31-25-18)19(29)23-21-10-11-4-2-6-13(28)8-11/h2-10,28H,1H3,(H2,20,24)(H,23,29)/b21-10+. The summed E-state index contributed by atoms with van der Waals surface area (Å²) < 4.78 is 11.2. The second kappa shape index (κ2) is 8.32. The first-order valence-corrected chi connectivity index (χ1v) is 8.88. The van der Waals surface area contributed by atoms with E-state index in [4.69, 9.17) is 10.5 Å². The fraction of sp³-hybridized carbons (Fsp3) is 0.0526. The van der Waals surface area contributed by atoms with Crippen LogP contribution >= 0.6 is 0 Å². The molecular formula is C19H16N8O4. The molecule has 1 amide bonds. The van der Waals surface area contributed by atoms with Crippen LogP contribution in [0.5, 0.6) is 11.5 Å². The highest BCUT2D eigenvalue weighted by Gasteiger charge is 2.25. The second-order valence-electron chi connectivity index (χ2n) is 6.20. The molecule has 0 aliphatic carbocycles. The number of aromatic hydroxyl groups is 1. The van der Waals surface area contributed by atoms with E-state index in [0.717, 1.165) is 0 Å². The van der Waals surface area contributed by atoms with Crippen LogP contribution < -0.4 is 15.9 Å². The summed E-state index contributed by atoms with van der Waals surface area (Å²) in [7, 11) is 1.53. The van der Waals surface area contributed by atoms with Gasteiger partial charge in [-0.05, 0) is 40.1 Å². The number of carbonyl (C=O) groups excluding carboxylic acids is 1. The Morgan fingerprint density at radius 2 is 2.10 bits per heavy atom. The van der Waals surface area contributed by atoms with Crippen LogP contribution in [0.3, 0.4) is 0 Å². The summed E-state index contributed by atoms with van der Waals surface area (Å²) in [4.78, 5) is 12.8. The first-order chi connectivity index (χ1) is 15.1. The number of nitrogen functional groups attached to an aromatic ring is 1. The average Bonchev–Trinajstić information content (AvgIpc) is 3.39. The zero-order valence-electron chi connectivity index (χ0n) is 16.1. The summed E-state index contributed by atoms with van der Waals surface area (Å²) in [5, 5.41) is 28.6. The summed E-state index contributed by atoms with van der Waals surface area (Å²) >= 11 is 0. The van der Waals surface area contributed by atoms with Crippen molar-refractivity contribution in [2.24, 2.45) is 5.10 Å². The Labute approximate surface area is 174 Å². The molecule has 2 heterocycles. The van der Waals surface area contributed by atoms with Crippen molar-refractivity contribution in [3.05, 3.63) is 59.8 Å². The van der Waals surface area contributed by atoms with Crippen molar-refractivity contribution < 1.29 is 19.3 Å². The lowest BCUT2D eigenvalue weighted by molar-refractivity contribution is 0.0950. The Morgan fingerprint density at radius 1 is 1.26 bits per heavy atom. The number of hydrogen-bond acceptors (Lipinski definition) is 10. The van der Waals surface area contributed by atoms with E-state index < -0.39 is 5.91 Å². The number of phenolic OH excluding ortho intramolecular Hbond substituents is 1. The molecule has 0 saturated heterocycles. The number of nitrogens with one attached hydrogen (secondary N) is 1. The van der Waals surface area contributed by atoms with Crippen LogP contribution in [0.25, 0.3) is 17.1 Å². The van der Waals surface area contributed by atoms with Gasteiger partial charge in [0.2, 0.25) is 11.6 Å². The molecular weight excluding hydrogens is 404 g/mol. The van der Waals surface area contributed by atoms with Gasteiger partial charge in [-0.25, -0.2) is 10.1 Å². The molecule has 0 spiro atoms. The van der Waals surface area contributed by atoms with Gasteiger partial charge in [-0.3, -0.25) is 4.79 Å². The number of benzene rings is 2. The van der Waals surface area contributed by atoms with Crippen LogP contribution in [0.2, 0.25) is 0 Å². The van der Waals surface area contributed by atoms with E-state index in [1.54, 1.807) is 36.4 Å². The number of nitrogens with two attached hydrogens (primary N) is 1. The first kappa shape index (κ1) is 19.6. The van der Waals surface area contributed by atoms with Crippen LogP contribution in [0.1, 0.15) is 16.1 Å². The number of phenols is 1. The zero-order chi connectivity index (χ0) is 21.8. The van der Waals surface area contributed by atoms with E-state index in [9.17, 15) is 9.90 Å². The van der Waals surface area contributed by atoms with Crippen molar-refractivity contribution in [2.45, 2.75) is 0 Å². The minimum Gasteiger partial charge on any atom is -0.508 e. The predicted molar refractivity (Wildman–Crippen MR) is 109 cm³/mol. The molecule has 4 rings (SSSR count). The third-order valence-corrected chi connectivity index (χ3v) is 4.17. The maximum Gasteiger partial charge on any atom is 0.294 e. The molecule has 12 nitrogen and oxygen atoms in total. The highest BCUT2D eigenvalue weighted by Crippen LogP contribution is 2.28. The molecule has 12 heteroatoms. The van der Waals surface area contributed by atoms with Gasteiger partial charge in [-0.15, -0.1) is 5.10 Å². The maximum atomic E-state index is 12.8.